The van der Waals surface area contributed by atoms with Crippen molar-refractivity contribution in [3.63, 3.8) is 0 Å². The van der Waals surface area contributed by atoms with Gasteiger partial charge in [-0.1, -0.05) is 12.1 Å². The Bertz CT molecular complexity index is 536. The summed E-state index contributed by atoms with van der Waals surface area (Å²) in [5.74, 6) is 0.921. The third-order valence-corrected chi connectivity index (χ3v) is 4.62. The van der Waals surface area contributed by atoms with Gasteiger partial charge in [0.25, 0.3) is 0 Å². The van der Waals surface area contributed by atoms with Gasteiger partial charge in [0.2, 0.25) is 0 Å². The van der Waals surface area contributed by atoms with Crippen molar-refractivity contribution in [3.8, 4) is 5.75 Å². The summed E-state index contributed by atoms with van der Waals surface area (Å²) in [5.41, 5.74) is 2.57. The van der Waals surface area contributed by atoms with Gasteiger partial charge in [-0.15, -0.1) is 11.3 Å². The first-order valence-electron chi connectivity index (χ1n) is 6.31. The first-order chi connectivity index (χ1) is 9.15. The van der Waals surface area contributed by atoms with E-state index in [4.69, 9.17) is 4.74 Å². The standard InChI is InChI=1S/C15H18BrNOS/c1-4-18-12-7-5-11(6-8-12)15(17-3)13-9-14(16)19-10(13)2/h5-9,15,17H,4H2,1-3H3. The van der Waals surface area contributed by atoms with E-state index in [2.05, 4.69) is 46.4 Å². The van der Waals surface area contributed by atoms with Crippen molar-refractivity contribution < 1.29 is 4.74 Å². The Morgan fingerprint density at radius 2 is 2.00 bits per heavy atom. The van der Waals surface area contributed by atoms with Crippen LogP contribution in [0.2, 0.25) is 0 Å². The molecule has 4 heteroatoms. The van der Waals surface area contributed by atoms with Gasteiger partial charge in [0.05, 0.1) is 16.4 Å². The van der Waals surface area contributed by atoms with Gasteiger partial charge in [0.1, 0.15) is 5.75 Å². The average molecular weight is 340 g/mol. The lowest BCUT2D eigenvalue weighted by Gasteiger charge is -2.17. The maximum atomic E-state index is 5.48. The molecule has 0 bridgehead atoms. The van der Waals surface area contributed by atoms with Crippen LogP contribution in [0.1, 0.15) is 29.0 Å². The number of rotatable bonds is 5. The van der Waals surface area contributed by atoms with Crippen molar-refractivity contribution in [2.24, 2.45) is 0 Å². The summed E-state index contributed by atoms with van der Waals surface area (Å²) < 4.78 is 6.65. The molecule has 0 saturated carbocycles. The molecule has 2 aromatic rings. The minimum atomic E-state index is 0.221. The molecule has 2 rings (SSSR count). The maximum Gasteiger partial charge on any atom is 0.119 e. The Balaban J connectivity index is 2.29. The Kier molecular flexibility index (Phi) is 5.02. The number of ether oxygens (including phenoxy) is 1. The van der Waals surface area contributed by atoms with E-state index in [0.717, 1.165) is 5.75 Å². The first-order valence-corrected chi connectivity index (χ1v) is 7.92. The number of benzene rings is 1. The molecule has 102 valence electrons. The number of halogens is 1. The highest BCUT2D eigenvalue weighted by Crippen LogP contribution is 2.33. The van der Waals surface area contributed by atoms with Gasteiger partial charge in [0.15, 0.2) is 0 Å². The van der Waals surface area contributed by atoms with Crippen LogP contribution >= 0.6 is 27.3 Å². The lowest BCUT2D eigenvalue weighted by Crippen LogP contribution is -2.17. The molecule has 1 unspecified atom stereocenters. The van der Waals surface area contributed by atoms with Gasteiger partial charge in [-0.05, 0) is 66.2 Å². The quantitative estimate of drug-likeness (QED) is 0.864. The SMILES string of the molecule is CCOc1ccc(C(NC)c2cc(Br)sc2C)cc1. The Morgan fingerprint density at radius 1 is 1.32 bits per heavy atom. The van der Waals surface area contributed by atoms with Gasteiger partial charge in [-0.2, -0.15) is 0 Å². The zero-order valence-electron chi connectivity index (χ0n) is 11.4. The summed E-state index contributed by atoms with van der Waals surface area (Å²) in [7, 11) is 1.99. The summed E-state index contributed by atoms with van der Waals surface area (Å²) >= 11 is 5.33. The van der Waals surface area contributed by atoms with E-state index in [-0.39, 0.29) is 6.04 Å². The molecule has 19 heavy (non-hydrogen) atoms. The van der Waals surface area contributed by atoms with E-state index in [1.807, 2.05) is 26.1 Å². The fourth-order valence-electron chi connectivity index (χ4n) is 2.17. The van der Waals surface area contributed by atoms with Crippen molar-refractivity contribution in [3.05, 3.63) is 50.1 Å². The molecule has 0 radical (unpaired) electrons. The van der Waals surface area contributed by atoms with E-state index in [9.17, 15) is 0 Å². The molecule has 1 atom stereocenters. The van der Waals surface area contributed by atoms with Crippen LogP contribution in [0.4, 0.5) is 0 Å². The van der Waals surface area contributed by atoms with Crippen molar-refractivity contribution in [2.75, 3.05) is 13.7 Å². The van der Waals surface area contributed by atoms with Crippen LogP contribution < -0.4 is 10.1 Å². The van der Waals surface area contributed by atoms with E-state index < -0.39 is 0 Å². The normalized spacial score (nSPS) is 12.4. The molecule has 0 saturated heterocycles. The molecule has 1 aromatic carbocycles. The van der Waals surface area contributed by atoms with Gasteiger partial charge < -0.3 is 10.1 Å². The van der Waals surface area contributed by atoms with E-state index in [1.165, 1.54) is 19.8 Å². The van der Waals surface area contributed by atoms with E-state index in [0.29, 0.717) is 6.61 Å². The van der Waals surface area contributed by atoms with Crippen molar-refractivity contribution in [1.29, 1.82) is 0 Å². The topological polar surface area (TPSA) is 21.3 Å². The second-order valence-corrected chi connectivity index (χ2v) is 6.92. The van der Waals surface area contributed by atoms with Crippen LogP contribution in [0, 0.1) is 6.92 Å². The van der Waals surface area contributed by atoms with Gasteiger partial charge >= 0.3 is 0 Å². The molecule has 0 aliphatic heterocycles. The average Bonchev–Trinajstić information content (AvgIpc) is 2.72. The molecule has 1 aromatic heterocycles. The summed E-state index contributed by atoms with van der Waals surface area (Å²) in [5, 5.41) is 3.39. The number of thiophene rings is 1. The van der Waals surface area contributed by atoms with Gasteiger partial charge in [0, 0.05) is 4.88 Å². The third-order valence-electron chi connectivity index (χ3n) is 3.05. The number of hydrogen-bond donors (Lipinski definition) is 1. The first kappa shape index (κ1) is 14.6. The minimum Gasteiger partial charge on any atom is -0.494 e. The predicted molar refractivity (Wildman–Crippen MR) is 85.3 cm³/mol. The summed E-state index contributed by atoms with van der Waals surface area (Å²) in [6.07, 6.45) is 0. The minimum absolute atomic E-state index is 0.221. The molecule has 0 spiro atoms. The lowest BCUT2D eigenvalue weighted by molar-refractivity contribution is 0.340. The van der Waals surface area contributed by atoms with Crippen molar-refractivity contribution in [1.82, 2.24) is 5.32 Å². The third kappa shape index (κ3) is 3.38. The van der Waals surface area contributed by atoms with E-state index >= 15 is 0 Å². The molecule has 0 aliphatic rings. The molecule has 0 fully saturated rings. The number of aryl methyl sites for hydroxylation is 1. The lowest BCUT2D eigenvalue weighted by atomic mass is 9.99. The predicted octanol–water partition coefficient (Wildman–Crippen LogP) is 4.53. The van der Waals surface area contributed by atoms with Crippen LogP contribution in [-0.2, 0) is 0 Å². The molecular formula is C15H18BrNOS. The molecular weight excluding hydrogens is 322 g/mol. The Labute approximate surface area is 126 Å². The number of nitrogens with one attached hydrogen (secondary N) is 1. The summed E-state index contributed by atoms with van der Waals surface area (Å²) in [4.78, 5) is 1.33. The maximum absolute atomic E-state index is 5.48. The zero-order chi connectivity index (χ0) is 13.8. The molecule has 1 heterocycles. The molecule has 0 aliphatic carbocycles. The second-order valence-electron chi connectivity index (χ2n) is 4.29. The van der Waals surface area contributed by atoms with Crippen molar-refractivity contribution >= 4 is 27.3 Å². The monoisotopic (exact) mass is 339 g/mol. The van der Waals surface area contributed by atoms with Crippen molar-refractivity contribution in [2.45, 2.75) is 19.9 Å². The summed E-state index contributed by atoms with van der Waals surface area (Å²) in [6, 6.07) is 10.7. The highest BCUT2D eigenvalue weighted by Gasteiger charge is 2.16. The van der Waals surface area contributed by atoms with Crippen LogP contribution in [0.3, 0.4) is 0 Å². The highest BCUT2D eigenvalue weighted by atomic mass is 79.9. The van der Waals surface area contributed by atoms with Gasteiger partial charge in [-0.25, -0.2) is 0 Å². The zero-order valence-corrected chi connectivity index (χ0v) is 13.8. The van der Waals surface area contributed by atoms with Crippen LogP contribution in [0.5, 0.6) is 5.75 Å². The van der Waals surface area contributed by atoms with Crippen LogP contribution in [0.25, 0.3) is 0 Å². The number of hydrogen-bond acceptors (Lipinski definition) is 3. The Morgan fingerprint density at radius 3 is 2.47 bits per heavy atom. The Hall–Kier alpha value is -0.840. The van der Waals surface area contributed by atoms with Crippen LogP contribution in [-0.4, -0.2) is 13.7 Å². The largest absolute Gasteiger partial charge is 0.494 e. The fraction of sp³-hybridized carbons (Fsp3) is 0.333. The van der Waals surface area contributed by atoms with Gasteiger partial charge in [-0.3, -0.25) is 0 Å². The summed E-state index contributed by atoms with van der Waals surface area (Å²) in [6.45, 7) is 4.85. The molecule has 0 amide bonds. The highest BCUT2D eigenvalue weighted by molar-refractivity contribution is 9.11. The fourth-order valence-corrected chi connectivity index (χ4v) is 3.92. The smallest absolute Gasteiger partial charge is 0.119 e. The molecule has 2 nitrogen and oxygen atoms in total. The van der Waals surface area contributed by atoms with Crippen LogP contribution in [0.15, 0.2) is 34.1 Å². The molecule has 1 N–H and O–H groups in total. The second kappa shape index (κ2) is 6.55. The van der Waals surface area contributed by atoms with E-state index in [1.54, 1.807) is 11.3 Å².